The monoisotopic (exact) mass is 450 g/mol. The third-order valence-electron chi connectivity index (χ3n) is 5.28. The Labute approximate surface area is 196 Å². The van der Waals surface area contributed by atoms with Crippen molar-refractivity contribution in [2.75, 3.05) is 39.3 Å². The van der Waals surface area contributed by atoms with Gasteiger partial charge in [0.2, 0.25) is 0 Å². The second kappa shape index (κ2) is 11.7. The van der Waals surface area contributed by atoms with Crippen molar-refractivity contribution in [3.63, 3.8) is 0 Å². The Morgan fingerprint density at radius 3 is 2.24 bits per heavy atom. The number of carbonyl (C=O) groups excluding carboxylic acids is 2. The second-order valence-electron chi connectivity index (χ2n) is 9.14. The SMILES string of the molecule is CC(C)(C)OC(=O)N1CCN(CCCOc2ccc(C(=O)C=Cc3ccccc3)cc2)CC1. The highest BCUT2D eigenvalue weighted by Crippen LogP contribution is 2.15. The van der Waals surface area contributed by atoms with E-state index in [0.29, 0.717) is 25.3 Å². The summed E-state index contributed by atoms with van der Waals surface area (Å²) in [5.74, 6) is 0.726. The molecule has 0 aromatic heterocycles. The van der Waals surface area contributed by atoms with E-state index in [1.807, 2.05) is 69.3 Å². The minimum Gasteiger partial charge on any atom is -0.494 e. The van der Waals surface area contributed by atoms with E-state index in [2.05, 4.69) is 4.90 Å². The second-order valence-corrected chi connectivity index (χ2v) is 9.14. The van der Waals surface area contributed by atoms with Crippen molar-refractivity contribution in [1.82, 2.24) is 9.80 Å². The number of benzene rings is 2. The molecule has 33 heavy (non-hydrogen) atoms. The van der Waals surface area contributed by atoms with Crippen LogP contribution in [0.1, 0.15) is 43.1 Å². The van der Waals surface area contributed by atoms with Crippen LogP contribution in [-0.4, -0.2) is 66.6 Å². The van der Waals surface area contributed by atoms with E-state index >= 15 is 0 Å². The van der Waals surface area contributed by atoms with Crippen molar-refractivity contribution in [2.24, 2.45) is 0 Å². The van der Waals surface area contributed by atoms with Crippen LogP contribution in [0, 0.1) is 0 Å². The lowest BCUT2D eigenvalue weighted by atomic mass is 10.1. The van der Waals surface area contributed by atoms with Gasteiger partial charge < -0.3 is 14.4 Å². The number of carbonyl (C=O) groups is 2. The summed E-state index contributed by atoms with van der Waals surface area (Å²) in [6, 6.07) is 17.0. The van der Waals surface area contributed by atoms with Crippen molar-refractivity contribution in [1.29, 1.82) is 0 Å². The molecule has 2 aromatic rings. The topological polar surface area (TPSA) is 59.1 Å². The maximum Gasteiger partial charge on any atom is 0.410 e. The molecule has 0 saturated carbocycles. The summed E-state index contributed by atoms with van der Waals surface area (Å²) in [6.07, 6.45) is 4.07. The number of nitrogens with zero attached hydrogens (tertiary/aromatic N) is 2. The molecule has 1 aliphatic rings. The predicted molar refractivity (Wildman–Crippen MR) is 131 cm³/mol. The highest BCUT2D eigenvalue weighted by atomic mass is 16.6. The summed E-state index contributed by atoms with van der Waals surface area (Å²) in [4.78, 5) is 28.6. The quantitative estimate of drug-likeness (QED) is 0.325. The van der Waals surface area contributed by atoms with Crippen LogP contribution in [0.4, 0.5) is 4.79 Å². The van der Waals surface area contributed by atoms with Crippen molar-refractivity contribution < 1.29 is 19.1 Å². The van der Waals surface area contributed by atoms with Crippen LogP contribution in [0.25, 0.3) is 6.08 Å². The average Bonchev–Trinajstić information content (AvgIpc) is 2.80. The molecule has 1 amide bonds. The van der Waals surface area contributed by atoms with Crippen LogP contribution >= 0.6 is 0 Å². The zero-order valence-corrected chi connectivity index (χ0v) is 19.8. The van der Waals surface area contributed by atoms with Crippen LogP contribution in [0.3, 0.4) is 0 Å². The number of hydrogen-bond acceptors (Lipinski definition) is 5. The molecular formula is C27H34N2O4. The zero-order chi connectivity index (χ0) is 23.7. The van der Waals surface area contributed by atoms with Crippen LogP contribution in [-0.2, 0) is 4.74 Å². The zero-order valence-electron chi connectivity index (χ0n) is 19.8. The largest absolute Gasteiger partial charge is 0.494 e. The molecule has 6 nitrogen and oxygen atoms in total. The number of hydrogen-bond donors (Lipinski definition) is 0. The number of ether oxygens (including phenoxy) is 2. The number of amides is 1. The molecule has 0 atom stereocenters. The summed E-state index contributed by atoms with van der Waals surface area (Å²) < 4.78 is 11.3. The fourth-order valence-corrected chi connectivity index (χ4v) is 3.51. The Morgan fingerprint density at radius 1 is 0.939 bits per heavy atom. The maximum absolute atomic E-state index is 12.3. The van der Waals surface area contributed by atoms with E-state index in [1.54, 1.807) is 23.1 Å². The molecule has 1 fully saturated rings. The van der Waals surface area contributed by atoms with Gasteiger partial charge in [-0.3, -0.25) is 9.69 Å². The lowest BCUT2D eigenvalue weighted by molar-refractivity contribution is 0.0142. The normalized spacial score (nSPS) is 14.9. The maximum atomic E-state index is 12.3. The van der Waals surface area contributed by atoms with E-state index in [-0.39, 0.29) is 11.9 Å². The van der Waals surface area contributed by atoms with E-state index < -0.39 is 5.60 Å². The first-order chi connectivity index (χ1) is 15.8. The molecule has 0 radical (unpaired) electrons. The molecule has 1 saturated heterocycles. The van der Waals surface area contributed by atoms with Gasteiger partial charge in [-0.15, -0.1) is 0 Å². The van der Waals surface area contributed by atoms with Gasteiger partial charge in [0.1, 0.15) is 11.4 Å². The van der Waals surface area contributed by atoms with Crippen molar-refractivity contribution in [3.05, 3.63) is 71.8 Å². The van der Waals surface area contributed by atoms with Gasteiger partial charge in [-0.05, 0) is 63.1 Å². The Morgan fingerprint density at radius 2 is 1.61 bits per heavy atom. The summed E-state index contributed by atoms with van der Waals surface area (Å²) >= 11 is 0. The van der Waals surface area contributed by atoms with Crippen molar-refractivity contribution in [2.45, 2.75) is 32.8 Å². The summed E-state index contributed by atoms with van der Waals surface area (Å²) in [6.45, 7) is 10.2. The summed E-state index contributed by atoms with van der Waals surface area (Å²) in [5.41, 5.74) is 1.17. The van der Waals surface area contributed by atoms with Gasteiger partial charge in [-0.2, -0.15) is 0 Å². The molecule has 1 aliphatic heterocycles. The molecule has 176 valence electrons. The van der Waals surface area contributed by atoms with Crippen LogP contribution in [0.2, 0.25) is 0 Å². The third-order valence-corrected chi connectivity index (χ3v) is 5.28. The molecule has 0 spiro atoms. The Hall–Kier alpha value is -3.12. The first-order valence-electron chi connectivity index (χ1n) is 11.5. The lowest BCUT2D eigenvalue weighted by Crippen LogP contribution is -2.50. The first-order valence-corrected chi connectivity index (χ1v) is 11.5. The lowest BCUT2D eigenvalue weighted by Gasteiger charge is -2.35. The fourth-order valence-electron chi connectivity index (χ4n) is 3.51. The smallest absolute Gasteiger partial charge is 0.410 e. The number of ketones is 1. The van der Waals surface area contributed by atoms with E-state index in [9.17, 15) is 9.59 Å². The molecule has 0 unspecified atom stereocenters. The van der Waals surface area contributed by atoms with Gasteiger partial charge in [0.05, 0.1) is 6.61 Å². The standard InChI is InChI=1S/C27H34N2O4/c1-27(2,3)33-26(31)29-19-17-28(18-20-29)16-7-21-32-24-13-11-23(12-14-24)25(30)15-10-22-8-5-4-6-9-22/h4-6,8-15H,7,16-21H2,1-3H3. The highest BCUT2D eigenvalue weighted by molar-refractivity contribution is 6.06. The predicted octanol–water partition coefficient (Wildman–Crippen LogP) is 4.90. The Balaban J connectivity index is 1.34. The van der Waals surface area contributed by atoms with Gasteiger partial charge in [0, 0.05) is 38.3 Å². The van der Waals surface area contributed by atoms with Crippen LogP contribution in [0.15, 0.2) is 60.7 Å². The van der Waals surface area contributed by atoms with Crippen LogP contribution < -0.4 is 4.74 Å². The minimum absolute atomic E-state index is 0.0315. The average molecular weight is 451 g/mol. The molecule has 0 aliphatic carbocycles. The van der Waals surface area contributed by atoms with Crippen molar-refractivity contribution >= 4 is 18.0 Å². The third kappa shape index (κ3) is 8.39. The molecular weight excluding hydrogens is 416 g/mol. The number of allylic oxidation sites excluding steroid dienone is 1. The molecule has 2 aromatic carbocycles. The van der Waals surface area contributed by atoms with Crippen LogP contribution in [0.5, 0.6) is 5.75 Å². The summed E-state index contributed by atoms with van der Waals surface area (Å²) in [5, 5.41) is 0. The van der Waals surface area contributed by atoms with Gasteiger partial charge in [0.15, 0.2) is 5.78 Å². The molecule has 1 heterocycles. The van der Waals surface area contributed by atoms with Gasteiger partial charge in [-0.25, -0.2) is 4.79 Å². The van der Waals surface area contributed by atoms with E-state index in [4.69, 9.17) is 9.47 Å². The molecule has 0 N–H and O–H groups in total. The molecule has 0 bridgehead atoms. The fraction of sp³-hybridized carbons (Fsp3) is 0.407. The minimum atomic E-state index is -0.462. The van der Waals surface area contributed by atoms with Gasteiger partial charge in [0.25, 0.3) is 0 Å². The first kappa shape index (κ1) is 24.5. The molecule has 6 heteroatoms. The number of piperazine rings is 1. The van der Waals surface area contributed by atoms with E-state index in [0.717, 1.165) is 37.4 Å². The highest BCUT2D eigenvalue weighted by Gasteiger charge is 2.25. The number of rotatable bonds is 8. The van der Waals surface area contributed by atoms with Gasteiger partial charge >= 0.3 is 6.09 Å². The van der Waals surface area contributed by atoms with Gasteiger partial charge in [-0.1, -0.05) is 36.4 Å². The molecule has 3 rings (SSSR count). The van der Waals surface area contributed by atoms with E-state index in [1.165, 1.54) is 0 Å². The summed E-state index contributed by atoms with van der Waals surface area (Å²) in [7, 11) is 0. The Bertz CT molecular complexity index is 925. The Kier molecular flexibility index (Phi) is 8.66. The van der Waals surface area contributed by atoms with Crippen molar-refractivity contribution in [3.8, 4) is 5.75 Å².